The van der Waals surface area contributed by atoms with Gasteiger partial charge in [-0.3, -0.25) is 14.7 Å². The number of rotatable bonds is 4. The van der Waals surface area contributed by atoms with E-state index in [2.05, 4.69) is 36.4 Å². The fourth-order valence-corrected chi connectivity index (χ4v) is 3.40. The first-order valence-corrected chi connectivity index (χ1v) is 10.3. The first-order valence-electron chi connectivity index (χ1n) is 10.3. The molecule has 1 heterocycles. The summed E-state index contributed by atoms with van der Waals surface area (Å²) in [6.45, 7) is 13.9. The molecule has 0 saturated heterocycles. The Labute approximate surface area is 183 Å². The first kappa shape index (κ1) is 22.3. The van der Waals surface area contributed by atoms with Crippen LogP contribution in [-0.2, 0) is 5.41 Å². The highest BCUT2D eigenvalue weighted by molar-refractivity contribution is 6.01. The molecule has 0 unspecified atom stereocenters. The maximum absolute atomic E-state index is 13.0. The number of aromatic amines is 1. The Morgan fingerprint density at radius 2 is 1.65 bits per heavy atom. The van der Waals surface area contributed by atoms with Gasteiger partial charge in [-0.25, -0.2) is 10.1 Å². The third-order valence-corrected chi connectivity index (χ3v) is 5.52. The van der Waals surface area contributed by atoms with Crippen molar-refractivity contribution >= 4 is 11.6 Å². The molecule has 1 aromatic heterocycles. The molecular weight excluding hydrogens is 388 g/mol. The van der Waals surface area contributed by atoms with Crippen molar-refractivity contribution in [3.63, 3.8) is 0 Å². The van der Waals surface area contributed by atoms with Crippen LogP contribution in [0.15, 0.2) is 52.4 Å². The summed E-state index contributed by atoms with van der Waals surface area (Å²) in [7, 11) is 0. The van der Waals surface area contributed by atoms with E-state index in [-0.39, 0.29) is 16.9 Å². The van der Waals surface area contributed by atoms with Crippen molar-refractivity contribution < 1.29 is 4.79 Å². The highest BCUT2D eigenvalue weighted by Gasteiger charge is 2.17. The SMILES string of the molecule is C/C(=N\NC(=O)c1ccc(C(C)(C)C)cc1)c1c(C)[nH]n(-c2ccc(C)c(C)c2)c1=O. The zero-order chi connectivity index (χ0) is 22.9. The molecule has 6 nitrogen and oxygen atoms in total. The van der Waals surface area contributed by atoms with Crippen LogP contribution in [0.4, 0.5) is 0 Å². The molecule has 6 heteroatoms. The Hall–Kier alpha value is -3.41. The lowest BCUT2D eigenvalue weighted by atomic mass is 9.87. The molecule has 0 atom stereocenters. The third kappa shape index (κ3) is 4.68. The summed E-state index contributed by atoms with van der Waals surface area (Å²) < 4.78 is 1.50. The topological polar surface area (TPSA) is 79.2 Å². The Bertz CT molecular complexity index is 1210. The molecule has 0 fully saturated rings. The minimum absolute atomic E-state index is 0.0193. The van der Waals surface area contributed by atoms with Crippen molar-refractivity contribution in [2.24, 2.45) is 5.10 Å². The van der Waals surface area contributed by atoms with Crippen molar-refractivity contribution in [1.29, 1.82) is 0 Å². The summed E-state index contributed by atoms with van der Waals surface area (Å²) in [5.41, 5.74) is 8.66. The number of hydrogen-bond acceptors (Lipinski definition) is 3. The van der Waals surface area contributed by atoms with Gasteiger partial charge in [-0.15, -0.1) is 0 Å². The summed E-state index contributed by atoms with van der Waals surface area (Å²) in [6, 6.07) is 13.3. The number of nitrogens with one attached hydrogen (secondary N) is 2. The zero-order valence-corrected chi connectivity index (χ0v) is 19.3. The van der Waals surface area contributed by atoms with Gasteiger partial charge in [-0.2, -0.15) is 5.10 Å². The van der Waals surface area contributed by atoms with Gasteiger partial charge in [-0.05, 0) is 74.1 Å². The minimum Gasteiger partial charge on any atom is -0.295 e. The summed E-state index contributed by atoms with van der Waals surface area (Å²) >= 11 is 0. The van der Waals surface area contributed by atoms with Crippen LogP contribution in [0.1, 0.15) is 66.0 Å². The molecule has 0 aliphatic carbocycles. The average molecular weight is 419 g/mol. The largest absolute Gasteiger partial charge is 0.295 e. The van der Waals surface area contributed by atoms with Crippen LogP contribution in [0.5, 0.6) is 0 Å². The number of H-pyrrole nitrogens is 1. The molecule has 2 aromatic carbocycles. The van der Waals surface area contributed by atoms with E-state index >= 15 is 0 Å². The quantitative estimate of drug-likeness (QED) is 0.482. The second-order valence-electron chi connectivity index (χ2n) is 8.99. The third-order valence-electron chi connectivity index (χ3n) is 5.52. The van der Waals surface area contributed by atoms with Gasteiger partial charge in [0.05, 0.1) is 17.0 Å². The van der Waals surface area contributed by atoms with E-state index in [0.29, 0.717) is 22.5 Å². The molecule has 0 bridgehead atoms. The van der Waals surface area contributed by atoms with Crippen molar-refractivity contribution in [3.05, 3.63) is 86.3 Å². The standard InChI is InChI=1S/C25H30N4O2/c1-15-8-13-21(14-16(15)2)29-24(31)22(18(4)28-29)17(3)26-27-23(30)19-9-11-20(12-10-19)25(5,6)7/h8-14,28H,1-7H3,(H,27,30)/b26-17+. The van der Waals surface area contributed by atoms with E-state index in [1.807, 2.05) is 51.1 Å². The average Bonchev–Trinajstić information content (AvgIpc) is 3.01. The Morgan fingerprint density at radius 1 is 1.00 bits per heavy atom. The fraction of sp³-hybridized carbons (Fsp3) is 0.320. The Kier molecular flexibility index (Phi) is 6.02. The number of carbonyl (C=O) groups is 1. The Balaban J connectivity index is 1.83. The van der Waals surface area contributed by atoms with E-state index in [1.54, 1.807) is 19.1 Å². The molecule has 31 heavy (non-hydrogen) atoms. The summed E-state index contributed by atoms with van der Waals surface area (Å²) in [5.74, 6) is -0.317. The minimum atomic E-state index is -0.317. The zero-order valence-electron chi connectivity index (χ0n) is 19.3. The molecule has 0 radical (unpaired) electrons. The van der Waals surface area contributed by atoms with E-state index in [1.165, 1.54) is 4.68 Å². The van der Waals surface area contributed by atoms with Crippen LogP contribution in [-0.4, -0.2) is 21.4 Å². The lowest BCUT2D eigenvalue weighted by Crippen LogP contribution is -2.23. The molecule has 1 amide bonds. The van der Waals surface area contributed by atoms with Gasteiger partial charge >= 0.3 is 0 Å². The maximum atomic E-state index is 13.0. The molecule has 0 saturated carbocycles. The molecule has 2 N–H and O–H groups in total. The number of hydrogen-bond donors (Lipinski definition) is 2. The maximum Gasteiger partial charge on any atom is 0.280 e. The molecule has 3 rings (SSSR count). The molecular formula is C25H30N4O2. The predicted octanol–water partition coefficient (Wildman–Crippen LogP) is 4.54. The molecule has 0 aliphatic heterocycles. The monoisotopic (exact) mass is 418 g/mol. The normalized spacial score (nSPS) is 12.2. The van der Waals surface area contributed by atoms with Gasteiger partial charge < -0.3 is 0 Å². The van der Waals surface area contributed by atoms with Crippen LogP contribution in [0, 0.1) is 20.8 Å². The number of aromatic nitrogens is 2. The van der Waals surface area contributed by atoms with Gasteiger partial charge in [-0.1, -0.05) is 39.0 Å². The van der Waals surface area contributed by atoms with E-state index < -0.39 is 0 Å². The summed E-state index contributed by atoms with van der Waals surface area (Å²) in [6.07, 6.45) is 0. The van der Waals surface area contributed by atoms with Crippen molar-refractivity contribution in [2.45, 2.75) is 53.9 Å². The van der Waals surface area contributed by atoms with E-state index in [9.17, 15) is 9.59 Å². The van der Waals surface area contributed by atoms with Gasteiger partial charge in [0, 0.05) is 11.3 Å². The predicted molar refractivity (Wildman–Crippen MR) is 125 cm³/mol. The highest BCUT2D eigenvalue weighted by atomic mass is 16.2. The van der Waals surface area contributed by atoms with Crippen molar-refractivity contribution in [3.8, 4) is 5.69 Å². The molecule has 162 valence electrons. The van der Waals surface area contributed by atoms with Crippen LogP contribution < -0.4 is 11.0 Å². The number of carbonyl (C=O) groups excluding carboxylic acids is 1. The van der Waals surface area contributed by atoms with Gasteiger partial charge in [0.2, 0.25) is 0 Å². The number of hydrazone groups is 1. The van der Waals surface area contributed by atoms with Gasteiger partial charge in [0.15, 0.2) is 0 Å². The number of benzene rings is 2. The van der Waals surface area contributed by atoms with Gasteiger partial charge in [0.1, 0.15) is 0 Å². The van der Waals surface area contributed by atoms with Crippen molar-refractivity contribution in [1.82, 2.24) is 15.2 Å². The summed E-state index contributed by atoms with van der Waals surface area (Å²) in [4.78, 5) is 25.5. The second-order valence-corrected chi connectivity index (χ2v) is 8.99. The number of nitrogens with zero attached hydrogens (tertiary/aromatic N) is 2. The van der Waals surface area contributed by atoms with E-state index in [0.717, 1.165) is 22.4 Å². The molecule has 0 spiro atoms. The first-order chi connectivity index (χ1) is 14.5. The van der Waals surface area contributed by atoms with Gasteiger partial charge in [0.25, 0.3) is 11.5 Å². The van der Waals surface area contributed by atoms with Crippen LogP contribution in [0.3, 0.4) is 0 Å². The second kappa shape index (κ2) is 8.38. The lowest BCUT2D eigenvalue weighted by Gasteiger charge is -2.18. The fourth-order valence-electron chi connectivity index (χ4n) is 3.40. The number of amides is 1. The van der Waals surface area contributed by atoms with Crippen LogP contribution >= 0.6 is 0 Å². The van der Waals surface area contributed by atoms with Crippen molar-refractivity contribution in [2.75, 3.05) is 0 Å². The summed E-state index contributed by atoms with van der Waals surface area (Å²) in [5, 5.41) is 7.29. The van der Waals surface area contributed by atoms with Crippen LogP contribution in [0.2, 0.25) is 0 Å². The highest BCUT2D eigenvalue weighted by Crippen LogP contribution is 2.22. The lowest BCUT2D eigenvalue weighted by molar-refractivity contribution is 0.0954. The smallest absolute Gasteiger partial charge is 0.280 e. The van der Waals surface area contributed by atoms with E-state index in [4.69, 9.17) is 0 Å². The van der Waals surface area contributed by atoms with Crippen LogP contribution in [0.25, 0.3) is 5.69 Å². The Morgan fingerprint density at radius 3 is 2.23 bits per heavy atom. The molecule has 0 aliphatic rings. The molecule has 3 aromatic rings. The number of aryl methyl sites for hydroxylation is 3.